The van der Waals surface area contributed by atoms with Crippen molar-refractivity contribution in [1.29, 1.82) is 0 Å². The predicted octanol–water partition coefficient (Wildman–Crippen LogP) is 5.25. The first-order valence-corrected chi connectivity index (χ1v) is 12.1. The Balaban J connectivity index is 1.39. The molecule has 1 amide bonds. The number of benzene rings is 2. The number of hydrogen-bond acceptors (Lipinski definition) is 5. The second-order valence-electron chi connectivity index (χ2n) is 8.07. The van der Waals surface area contributed by atoms with E-state index in [0.717, 1.165) is 17.1 Å². The van der Waals surface area contributed by atoms with E-state index in [1.807, 2.05) is 55.1 Å². The Morgan fingerprint density at radius 3 is 2.29 bits per heavy atom. The molecule has 31 heavy (non-hydrogen) atoms. The highest BCUT2D eigenvalue weighted by atomic mass is 32.2. The molecule has 1 N–H and O–H groups in total. The van der Waals surface area contributed by atoms with Crippen molar-refractivity contribution in [2.45, 2.75) is 51.6 Å². The molecular weight excluding hydrogens is 410 g/mol. The lowest BCUT2D eigenvalue weighted by atomic mass is 9.83. The number of hydrogen-bond donors (Lipinski definition) is 1. The van der Waals surface area contributed by atoms with Gasteiger partial charge in [0.1, 0.15) is 6.61 Å². The highest BCUT2D eigenvalue weighted by Gasteiger charge is 2.40. The molecule has 0 bridgehead atoms. The van der Waals surface area contributed by atoms with Crippen molar-refractivity contribution in [1.82, 2.24) is 5.32 Å². The van der Waals surface area contributed by atoms with Crippen molar-refractivity contribution < 1.29 is 19.0 Å². The van der Waals surface area contributed by atoms with Crippen molar-refractivity contribution in [2.24, 2.45) is 11.8 Å². The molecule has 1 aliphatic rings. The zero-order valence-corrected chi connectivity index (χ0v) is 19.3. The number of nitrogens with one attached hydrogen (secondary N) is 1. The van der Waals surface area contributed by atoms with Gasteiger partial charge >= 0.3 is 6.09 Å². The Labute approximate surface area is 189 Å². The average molecular weight is 444 g/mol. The normalized spacial score (nSPS) is 25.7. The third kappa shape index (κ3) is 7.27. The second kappa shape index (κ2) is 12.1. The van der Waals surface area contributed by atoms with Crippen molar-refractivity contribution in [3.05, 3.63) is 71.8 Å². The molecule has 0 saturated carbocycles. The maximum absolute atomic E-state index is 12.3. The van der Waals surface area contributed by atoms with Crippen LogP contribution in [0.1, 0.15) is 31.9 Å². The van der Waals surface area contributed by atoms with Crippen molar-refractivity contribution in [3.63, 3.8) is 0 Å². The number of carbonyl (C=O) groups is 1. The first-order chi connectivity index (χ1) is 15.0. The van der Waals surface area contributed by atoms with Gasteiger partial charge in [0.05, 0.1) is 18.8 Å². The number of ether oxygens (including phenoxy) is 3. The van der Waals surface area contributed by atoms with Gasteiger partial charge in [0, 0.05) is 17.4 Å². The molecule has 168 valence electrons. The molecule has 3 rings (SSSR count). The van der Waals surface area contributed by atoms with Crippen LogP contribution in [0.5, 0.6) is 0 Å². The highest BCUT2D eigenvalue weighted by Crippen LogP contribution is 2.31. The van der Waals surface area contributed by atoms with Crippen molar-refractivity contribution in [2.75, 3.05) is 12.4 Å². The van der Waals surface area contributed by atoms with Crippen LogP contribution in [0.4, 0.5) is 4.79 Å². The summed E-state index contributed by atoms with van der Waals surface area (Å²) in [7, 11) is 0. The largest absolute Gasteiger partial charge is 0.445 e. The molecule has 5 atom stereocenters. The highest BCUT2D eigenvalue weighted by molar-refractivity contribution is 7.98. The Bertz CT molecular complexity index is 789. The maximum Gasteiger partial charge on any atom is 0.407 e. The zero-order valence-electron chi connectivity index (χ0n) is 18.5. The molecule has 1 aliphatic heterocycles. The van der Waals surface area contributed by atoms with E-state index in [4.69, 9.17) is 14.2 Å². The van der Waals surface area contributed by atoms with Gasteiger partial charge < -0.3 is 19.5 Å². The minimum absolute atomic E-state index is 0.120. The van der Waals surface area contributed by atoms with E-state index in [0.29, 0.717) is 6.61 Å². The van der Waals surface area contributed by atoms with E-state index < -0.39 is 6.09 Å². The van der Waals surface area contributed by atoms with Crippen LogP contribution in [0, 0.1) is 11.8 Å². The van der Waals surface area contributed by atoms with Gasteiger partial charge in [-0.05, 0) is 24.0 Å². The van der Waals surface area contributed by atoms with E-state index in [9.17, 15) is 4.79 Å². The van der Waals surface area contributed by atoms with Gasteiger partial charge in [0.25, 0.3) is 0 Å². The summed E-state index contributed by atoms with van der Waals surface area (Å²) >= 11 is 1.86. The molecule has 0 radical (unpaired) electrons. The molecule has 2 unspecified atom stereocenters. The fourth-order valence-electron chi connectivity index (χ4n) is 3.75. The Morgan fingerprint density at radius 2 is 1.61 bits per heavy atom. The van der Waals surface area contributed by atoms with Crippen LogP contribution in [0.15, 0.2) is 60.7 Å². The molecule has 0 aliphatic carbocycles. The number of rotatable bonds is 9. The lowest BCUT2D eigenvalue weighted by Crippen LogP contribution is -2.56. The summed E-state index contributed by atoms with van der Waals surface area (Å²) in [5, 5.41) is 2.99. The third-order valence-electron chi connectivity index (χ3n) is 5.80. The van der Waals surface area contributed by atoms with E-state index in [1.54, 1.807) is 0 Å². The van der Waals surface area contributed by atoms with Crippen LogP contribution in [0.2, 0.25) is 0 Å². The summed E-state index contributed by atoms with van der Waals surface area (Å²) in [6, 6.07) is 20.0. The Hall–Kier alpha value is -2.02. The van der Waals surface area contributed by atoms with E-state index >= 15 is 0 Å². The molecule has 5 nitrogen and oxygen atoms in total. The van der Waals surface area contributed by atoms with Gasteiger partial charge in [-0.1, -0.05) is 74.5 Å². The minimum atomic E-state index is -0.417. The first-order valence-electron chi connectivity index (χ1n) is 10.9. The molecule has 0 aromatic heterocycles. The van der Waals surface area contributed by atoms with Crippen LogP contribution < -0.4 is 5.32 Å². The molecule has 1 saturated heterocycles. The van der Waals surface area contributed by atoms with Crippen LogP contribution in [-0.4, -0.2) is 36.9 Å². The summed E-state index contributed by atoms with van der Waals surface area (Å²) in [5.74, 6) is 2.26. The number of amides is 1. The molecule has 2 aromatic rings. The Morgan fingerprint density at radius 1 is 0.968 bits per heavy atom. The molecule has 6 heteroatoms. The van der Waals surface area contributed by atoms with Gasteiger partial charge in [-0.15, -0.1) is 0 Å². The number of thioether (sulfide) groups is 1. The summed E-state index contributed by atoms with van der Waals surface area (Å²) in [5.41, 5.74) is 2.29. The van der Waals surface area contributed by atoms with Crippen LogP contribution in [0.25, 0.3) is 0 Å². The van der Waals surface area contributed by atoms with Crippen molar-refractivity contribution >= 4 is 17.9 Å². The average Bonchev–Trinajstić information content (AvgIpc) is 2.79. The molecule has 0 spiro atoms. The standard InChI is InChI=1S/C25H33NO4S/c1-18-19(2)24(28-14-15-31-17-22-12-8-5-9-13-22)30-20(3)23(18)26-25(27)29-16-21-10-6-4-7-11-21/h4-13,18-20,23-24H,14-17H2,1-3H3,(H,26,27)/t18-,19?,20?,23-,24+/m1/s1. The molecule has 2 aromatic carbocycles. The monoisotopic (exact) mass is 443 g/mol. The van der Waals surface area contributed by atoms with Crippen LogP contribution >= 0.6 is 11.8 Å². The topological polar surface area (TPSA) is 56.8 Å². The third-order valence-corrected chi connectivity index (χ3v) is 6.79. The smallest absolute Gasteiger partial charge is 0.407 e. The molecule has 1 heterocycles. The number of carbonyl (C=O) groups excluding carboxylic acids is 1. The fraction of sp³-hybridized carbons (Fsp3) is 0.480. The number of alkyl carbamates (subject to hydrolysis) is 1. The van der Waals surface area contributed by atoms with Gasteiger partial charge in [-0.2, -0.15) is 11.8 Å². The Kier molecular flexibility index (Phi) is 9.25. The van der Waals surface area contributed by atoms with E-state index in [-0.39, 0.29) is 36.9 Å². The quantitative estimate of drug-likeness (QED) is 0.537. The first kappa shape index (κ1) is 23.6. The summed E-state index contributed by atoms with van der Waals surface area (Å²) in [6.45, 7) is 7.12. The lowest BCUT2D eigenvalue weighted by molar-refractivity contribution is -0.233. The minimum Gasteiger partial charge on any atom is -0.445 e. The summed E-state index contributed by atoms with van der Waals surface area (Å²) < 4.78 is 17.5. The summed E-state index contributed by atoms with van der Waals surface area (Å²) in [6.07, 6.45) is -0.835. The molecule has 1 fully saturated rings. The van der Waals surface area contributed by atoms with E-state index in [1.165, 1.54) is 5.56 Å². The van der Waals surface area contributed by atoms with Crippen LogP contribution in [0.3, 0.4) is 0 Å². The van der Waals surface area contributed by atoms with Gasteiger partial charge in [0.2, 0.25) is 0 Å². The second-order valence-corrected chi connectivity index (χ2v) is 9.17. The lowest BCUT2D eigenvalue weighted by Gasteiger charge is -2.43. The van der Waals surface area contributed by atoms with Gasteiger partial charge in [0.15, 0.2) is 6.29 Å². The SMILES string of the molecule is CC1[C@@H](OCCSCc2ccccc2)OC(C)[C@H](NC(=O)OCc2ccccc2)[C@@H]1C. The zero-order chi connectivity index (χ0) is 22.1. The predicted molar refractivity (Wildman–Crippen MR) is 125 cm³/mol. The summed E-state index contributed by atoms with van der Waals surface area (Å²) in [4.78, 5) is 12.3. The van der Waals surface area contributed by atoms with Crippen LogP contribution in [-0.2, 0) is 26.6 Å². The molecular formula is C25H33NO4S. The van der Waals surface area contributed by atoms with Gasteiger partial charge in [-0.25, -0.2) is 4.79 Å². The maximum atomic E-state index is 12.3. The fourth-order valence-corrected chi connectivity index (χ4v) is 4.54. The van der Waals surface area contributed by atoms with Crippen molar-refractivity contribution in [3.8, 4) is 0 Å². The van der Waals surface area contributed by atoms with E-state index in [2.05, 4.69) is 43.4 Å². The van der Waals surface area contributed by atoms with Gasteiger partial charge in [-0.3, -0.25) is 0 Å².